The van der Waals surface area contributed by atoms with Crippen LogP contribution in [0.5, 0.6) is 17.2 Å². The Morgan fingerprint density at radius 1 is 1.37 bits per heavy atom. The zero-order valence-corrected chi connectivity index (χ0v) is 14.9. The summed E-state index contributed by atoms with van der Waals surface area (Å²) in [6, 6.07) is 7.68. The number of halogens is 1. The predicted octanol–water partition coefficient (Wildman–Crippen LogP) is 2.81. The molecule has 1 aliphatic heterocycles. The van der Waals surface area contributed by atoms with Gasteiger partial charge in [-0.25, -0.2) is 5.43 Å². The van der Waals surface area contributed by atoms with E-state index in [1.165, 1.54) is 12.1 Å². The normalized spacial score (nSPS) is 12.2. The molecule has 0 saturated carbocycles. The molecule has 0 saturated heterocycles. The first kappa shape index (κ1) is 18.5. The summed E-state index contributed by atoms with van der Waals surface area (Å²) in [5.41, 5.74) is 3.02. The summed E-state index contributed by atoms with van der Waals surface area (Å²) in [5.74, 6) is 0.619. The Morgan fingerprint density at radius 2 is 2.11 bits per heavy atom. The highest BCUT2D eigenvalue weighted by Crippen LogP contribution is 2.37. The van der Waals surface area contributed by atoms with Crippen molar-refractivity contribution in [1.29, 1.82) is 0 Å². The van der Waals surface area contributed by atoms with Gasteiger partial charge in [-0.05, 0) is 36.8 Å². The zero-order chi connectivity index (χ0) is 19.4. The molecule has 0 fully saturated rings. The fraction of sp³-hybridized carbons (Fsp3) is 0.176. The molecule has 0 aliphatic carbocycles. The van der Waals surface area contributed by atoms with Gasteiger partial charge in [0.05, 0.1) is 22.8 Å². The highest BCUT2D eigenvalue weighted by atomic mass is 35.5. The maximum atomic E-state index is 11.8. The summed E-state index contributed by atoms with van der Waals surface area (Å²) >= 11 is 5.92. The molecule has 9 nitrogen and oxygen atoms in total. The molecule has 1 heterocycles. The second kappa shape index (κ2) is 7.92. The van der Waals surface area contributed by atoms with Crippen molar-refractivity contribution in [2.24, 2.45) is 5.10 Å². The van der Waals surface area contributed by atoms with Gasteiger partial charge < -0.3 is 14.2 Å². The number of rotatable bonds is 6. The van der Waals surface area contributed by atoms with Gasteiger partial charge in [0.1, 0.15) is 5.75 Å². The van der Waals surface area contributed by atoms with Crippen molar-refractivity contribution in [1.82, 2.24) is 5.43 Å². The molecule has 0 atom stereocenters. The first-order valence-electron chi connectivity index (χ1n) is 7.73. The van der Waals surface area contributed by atoms with Gasteiger partial charge in [-0.1, -0.05) is 11.6 Å². The van der Waals surface area contributed by atoms with Crippen LogP contribution in [0.1, 0.15) is 11.1 Å². The van der Waals surface area contributed by atoms with E-state index < -0.39 is 10.8 Å². The van der Waals surface area contributed by atoms with Crippen LogP contribution >= 0.6 is 11.6 Å². The van der Waals surface area contributed by atoms with Crippen LogP contribution in [-0.4, -0.2) is 30.4 Å². The van der Waals surface area contributed by atoms with Crippen LogP contribution in [0.4, 0.5) is 5.69 Å². The summed E-state index contributed by atoms with van der Waals surface area (Å²) < 4.78 is 15.6. The van der Waals surface area contributed by atoms with Gasteiger partial charge in [-0.15, -0.1) is 0 Å². The van der Waals surface area contributed by atoms with E-state index in [0.29, 0.717) is 16.5 Å². The van der Waals surface area contributed by atoms with Crippen LogP contribution in [0.2, 0.25) is 5.02 Å². The van der Waals surface area contributed by atoms with Crippen LogP contribution in [0.15, 0.2) is 35.4 Å². The number of nitro benzene ring substituents is 1. The standard InChI is InChI=1S/C17H14ClN3O6/c1-10-4-12(2-3-13(10)18)25-8-17(22)20-19-7-11-5-15-16(27-9-26-15)6-14(11)21(23)24/h2-7H,8-9H2,1H3,(H,20,22)/b19-7-. The lowest BCUT2D eigenvalue weighted by Crippen LogP contribution is -2.24. The van der Waals surface area contributed by atoms with E-state index in [-0.39, 0.29) is 30.4 Å². The van der Waals surface area contributed by atoms with Crippen molar-refractivity contribution in [3.8, 4) is 17.2 Å². The molecule has 0 unspecified atom stereocenters. The lowest BCUT2D eigenvalue weighted by atomic mass is 10.1. The van der Waals surface area contributed by atoms with Gasteiger partial charge in [0.2, 0.25) is 6.79 Å². The molecule has 0 spiro atoms. The second-order valence-electron chi connectivity index (χ2n) is 5.51. The fourth-order valence-electron chi connectivity index (χ4n) is 2.27. The number of nitrogens with zero attached hydrogens (tertiary/aromatic N) is 2. The lowest BCUT2D eigenvalue weighted by Gasteiger charge is -2.06. The van der Waals surface area contributed by atoms with Gasteiger partial charge in [0, 0.05) is 5.02 Å². The Morgan fingerprint density at radius 3 is 2.81 bits per heavy atom. The summed E-state index contributed by atoms with van der Waals surface area (Å²) in [5, 5.41) is 15.5. The maximum Gasteiger partial charge on any atom is 0.282 e. The number of nitrogens with one attached hydrogen (secondary N) is 1. The van der Waals surface area contributed by atoms with Crippen molar-refractivity contribution >= 4 is 29.4 Å². The molecule has 2 aromatic carbocycles. The summed E-state index contributed by atoms with van der Waals surface area (Å²) in [6.45, 7) is 1.53. The van der Waals surface area contributed by atoms with Crippen LogP contribution in [0.25, 0.3) is 0 Å². The number of hydrogen-bond acceptors (Lipinski definition) is 7. The molecule has 1 N–H and O–H groups in total. The molecule has 140 valence electrons. The molecule has 0 aromatic heterocycles. The topological polar surface area (TPSA) is 112 Å². The number of aryl methyl sites for hydroxylation is 1. The smallest absolute Gasteiger partial charge is 0.282 e. The maximum absolute atomic E-state index is 11.8. The quantitative estimate of drug-likeness (QED) is 0.460. The molecule has 2 aromatic rings. The third kappa shape index (κ3) is 4.45. The van der Waals surface area contributed by atoms with Crippen molar-refractivity contribution < 1.29 is 23.9 Å². The van der Waals surface area contributed by atoms with Gasteiger partial charge >= 0.3 is 0 Å². The highest BCUT2D eigenvalue weighted by Gasteiger charge is 2.22. The van der Waals surface area contributed by atoms with E-state index in [1.807, 2.05) is 6.92 Å². The Balaban J connectivity index is 1.60. The number of amides is 1. The van der Waals surface area contributed by atoms with Gasteiger partial charge in [0.15, 0.2) is 18.1 Å². The number of hydrogen-bond donors (Lipinski definition) is 1. The Bertz CT molecular complexity index is 931. The summed E-state index contributed by atoms with van der Waals surface area (Å²) in [6.07, 6.45) is 1.16. The first-order valence-corrected chi connectivity index (χ1v) is 8.10. The number of hydrazone groups is 1. The number of fused-ring (bicyclic) bond motifs is 1. The van der Waals surface area contributed by atoms with E-state index in [0.717, 1.165) is 11.8 Å². The first-order chi connectivity index (χ1) is 12.9. The lowest BCUT2D eigenvalue weighted by molar-refractivity contribution is -0.385. The SMILES string of the molecule is Cc1cc(OCC(=O)N/N=C\c2cc3c(cc2[N+](=O)[O-])OCO3)ccc1Cl. The molecule has 1 aliphatic rings. The van der Waals surface area contributed by atoms with Crippen molar-refractivity contribution in [3.63, 3.8) is 0 Å². The van der Waals surface area contributed by atoms with Crippen LogP contribution < -0.4 is 19.6 Å². The minimum absolute atomic E-state index is 0.00860. The molecular weight excluding hydrogens is 378 g/mol. The van der Waals surface area contributed by atoms with Crippen LogP contribution in [0.3, 0.4) is 0 Å². The Kier molecular flexibility index (Phi) is 5.41. The summed E-state index contributed by atoms with van der Waals surface area (Å²) in [7, 11) is 0. The Labute approximate surface area is 158 Å². The second-order valence-corrected chi connectivity index (χ2v) is 5.92. The Hall–Kier alpha value is -3.33. The van der Waals surface area contributed by atoms with Crippen molar-refractivity contribution in [2.45, 2.75) is 6.92 Å². The highest BCUT2D eigenvalue weighted by molar-refractivity contribution is 6.31. The zero-order valence-electron chi connectivity index (χ0n) is 14.1. The molecule has 0 bridgehead atoms. The summed E-state index contributed by atoms with van der Waals surface area (Å²) in [4.78, 5) is 22.4. The third-order valence-electron chi connectivity index (χ3n) is 3.61. The van der Waals surface area contributed by atoms with Crippen molar-refractivity contribution in [3.05, 3.63) is 56.6 Å². The van der Waals surface area contributed by atoms with E-state index in [9.17, 15) is 14.9 Å². The number of nitro groups is 1. The third-order valence-corrected chi connectivity index (χ3v) is 4.03. The van der Waals surface area contributed by atoms with Gasteiger partial charge in [0.25, 0.3) is 11.6 Å². The van der Waals surface area contributed by atoms with E-state index >= 15 is 0 Å². The van der Waals surface area contributed by atoms with Crippen LogP contribution in [-0.2, 0) is 4.79 Å². The largest absolute Gasteiger partial charge is 0.484 e. The fourth-order valence-corrected chi connectivity index (χ4v) is 2.39. The van der Waals surface area contributed by atoms with E-state index in [4.69, 9.17) is 25.8 Å². The van der Waals surface area contributed by atoms with Crippen LogP contribution in [0, 0.1) is 17.0 Å². The molecule has 27 heavy (non-hydrogen) atoms. The molecule has 3 rings (SSSR count). The number of carbonyl (C=O) groups is 1. The average Bonchev–Trinajstić information content (AvgIpc) is 3.09. The van der Waals surface area contributed by atoms with Gasteiger partial charge in [-0.3, -0.25) is 14.9 Å². The average molecular weight is 392 g/mol. The van der Waals surface area contributed by atoms with E-state index in [2.05, 4.69) is 10.5 Å². The van der Waals surface area contributed by atoms with E-state index in [1.54, 1.807) is 18.2 Å². The molecule has 0 radical (unpaired) electrons. The number of benzene rings is 2. The number of carbonyl (C=O) groups excluding carboxylic acids is 1. The molecular formula is C17H14ClN3O6. The molecule has 10 heteroatoms. The van der Waals surface area contributed by atoms with Gasteiger partial charge in [-0.2, -0.15) is 5.10 Å². The molecule has 1 amide bonds. The predicted molar refractivity (Wildman–Crippen MR) is 96.6 cm³/mol. The minimum Gasteiger partial charge on any atom is -0.484 e. The monoisotopic (exact) mass is 391 g/mol. The minimum atomic E-state index is -0.572. The van der Waals surface area contributed by atoms with Crippen molar-refractivity contribution in [2.75, 3.05) is 13.4 Å². The number of ether oxygens (including phenoxy) is 3.